The number of hydrogen-bond acceptors (Lipinski definition) is 4. The number of rotatable bonds is 9. The lowest BCUT2D eigenvalue weighted by Crippen LogP contribution is -2.25. The van der Waals surface area contributed by atoms with Crippen LogP contribution in [0.1, 0.15) is 21.5 Å². The molecule has 2 aromatic heterocycles. The highest BCUT2D eigenvalue weighted by atomic mass is 35.5. The Balaban J connectivity index is 1.55. The van der Waals surface area contributed by atoms with E-state index in [1.54, 1.807) is 24.4 Å². The standard InChI is InChI=1S/C24H22ClN3O4S/c25-20-4-6-21(7-5-20)33(31,32)27-12-9-19-16-28(13-10-17-2-1-11-26-15-17)23-8-3-18(24(29)30)14-22(19)23/h1-8,11,14-16,27H,9-10,12-13H2,(H,29,30). The number of carboxylic acids is 1. The van der Waals surface area contributed by atoms with E-state index in [4.69, 9.17) is 11.6 Å². The summed E-state index contributed by atoms with van der Waals surface area (Å²) in [6, 6.07) is 14.9. The number of sulfonamides is 1. The number of pyridine rings is 1. The summed E-state index contributed by atoms with van der Waals surface area (Å²) in [4.78, 5) is 15.8. The molecular formula is C24H22ClN3O4S. The third kappa shape index (κ3) is 5.42. The van der Waals surface area contributed by atoms with Gasteiger partial charge >= 0.3 is 5.97 Å². The van der Waals surface area contributed by atoms with Crippen molar-refractivity contribution in [2.75, 3.05) is 6.54 Å². The summed E-state index contributed by atoms with van der Waals surface area (Å²) in [6.07, 6.45) is 6.68. The molecule has 0 aliphatic carbocycles. The molecule has 2 N–H and O–H groups in total. The average Bonchev–Trinajstić information content (AvgIpc) is 3.15. The first-order chi connectivity index (χ1) is 15.8. The summed E-state index contributed by atoms with van der Waals surface area (Å²) >= 11 is 5.84. The second kappa shape index (κ2) is 9.74. The van der Waals surface area contributed by atoms with Gasteiger partial charge in [-0.05, 0) is 72.5 Å². The summed E-state index contributed by atoms with van der Waals surface area (Å²) in [5.41, 5.74) is 3.06. The van der Waals surface area contributed by atoms with Gasteiger partial charge in [-0.25, -0.2) is 17.9 Å². The van der Waals surface area contributed by atoms with Gasteiger partial charge in [-0.3, -0.25) is 4.98 Å². The highest BCUT2D eigenvalue weighted by Crippen LogP contribution is 2.24. The normalized spacial score (nSPS) is 11.7. The zero-order chi connectivity index (χ0) is 23.4. The number of aromatic carboxylic acids is 1. The van der Waals surface area contributed by atoms with Crippen LogP contribution in [0.4, 0.5) is 0 Å². The quantitative estimate of drug-likeness (QED) is 0.372. The molecule has 0 saturated carbocycles. The highest BCUT2D eigenvalue weighted by molar-refractivity contribution is 7.89. The second-order valence-corrected chi connectivity index (χ2v) is 9.80. The van der Waals surface area contributed by atoms with Crippen LogP contribution in [0.5, 0.6) is 0 Å². The molecule has 2 aromatic carbocycles. The van der Waals surface area contributed by atoms with Crippen molar-refractivity contribution < 1.29 is 18.3 Å². The van der Waals surface area contributed by atoms with Gasteiger partial charge in [0, 0.05) is 47.6 Å². The van der Waals surface area contributed by atoms with E-state index in [2.05, 4.69) is 14.3 Å². The van der Waals surface area contributed by atoms with Crippen LogP contribution in [-0.4, -0.2) is 35.6 Å². The number of nitrogens with zero attached hydrogens (tertiary/aromatic N) is 2. The Kier molecular flexibility index (Phi) is 6.78. The van der Waals surface area contributed by atoms with Gasteiger partial charge in [0.05, 0.1) is 10.5 Å². The molecule has 0 bridgehead atoms. The molecule has 4 rings (SSSR count). The lowest BCUT2D eigenvalue weighted by molar-refractivity contribution is 0.0697. The van der Waals surface area contributed by atoms with Crippen molar-refractivity contribution in [1.29, 1.82) is 0 Å². The topological polar surface area (TPSA) is 101 Å². The molecular weight excluding hydrogens is 462 g/mol. The molecule has 0 aliphatic rings. The number of carbonyl (C=O) groups is 1. The molecule has 33 heavy (non-hydrogen) atoms. The zero-order valence-electron chi connectivity index (χ0n) is 17.6. The minimum absolute atomic E-state index is 0.138. The van der Waals surface area contributed by atoms with Crippen molar-refractivity contribution >= 4 is 38.5 Å². The molecule has 2 heterocycles. The van der Waals surface area contributed by atoms with Gasteiger partial charge in [0.25, 0.3) is 0 Å². The Morgan fingerprint density at radius 3 is 2.58 bits per heavy atom. The fourth-order valence-electron chi connectivity index (χ4n) is 3.70. The molecule has 9 heteroatoms. The number of carboxylic acid groups (broad SMARTS) is 1. The first-order valence-electron chi connectivity index (χ1n) is 10.3. The van der Waals surface area contributed by atoms with E-state index in [0.717, 1.165) is 28.5 Å². The molecule has 0 radical (unpaired) electrons. The number of halogens is 1. The third-order valence-corrected chi connectivity index (χ3v) is 7.11. The maximum absolute atomic E-state index is 12.6. The number of hydrogen-bond donors (Lipinski definition) is 2. The fourth-order valence-corrected chi connectivity index (χ4v) is 4.86. The minimum atomic E-state index is -3.68. The van der Waals surface area contributed by atoms with Gasteiger partial charge in [-0.1, -0.05) is 17.7 Å². The van der Waals surface area contributed by atoms with Gasteiger partial charge in [0.1, 0.15) is 0 Å². The summed E-state index contributed by atoms with van der Waals surface area (Å²) < 4.78 is 29.8. The van der Waals surface area contributed by atoms with Crippen molar-refractivity contribution in [3.05, 3.63) is 94.9 Å². The van der Waals surface area contributed by atoms with Gasteiger partial charge in [0.15, 0.2) is 0 Å². The van der Waals surface area contributed by atoms with Gasteiger partial charge in [-0.2, -0.15) is 0 Å². The molecule has 0 fully saturated rings. The predicted octanol–water partition coefficient (Wildman–Crippen LogP) is 4.15. The Morgan fingerprint density at radius 2 is 1.88 bits per heavy atom. The van der Waals surface area contributed by atoms with E-state index in [1.807, 2.05) is 24.5 Å². The van der Waals surface area contributed by atoms with Gasteiger partial charge < -0.3 is 9.67 Å². The molecule has 0 atom stereocenters. The molecule has 0 saturated heterocycles. The van der Waals surface area contributed by atoms with Crippen LogP contribution >= 0.6 is 11.6 Å². The van der Waals surface area contributed by atoms with Crippen molar-refractivity contribution in [3.63, 3.8) is 0 Å². The summed E-state index contributed by atoms with van der Waals surface area (Å²) in [5, 5.41) is 10.7. The van der Waals surface area contributed by atoms with E-state index < -0.39 is 16.0 Å². The number of fused-ring (bicyclic) bond motifs is 1. The molecule has 0 aliphatic heterocycles. The lowest BCUT2D eigenvalue weighted by Gasteiger charge is -2.06. The Morgan fingerprint density at radius 1 is 1.09 bits per heavy atom. The van der Waals surface area contributed by atoms with E-state index >= 15 is 0 Å². The Hall–Kier alpha value is -3.20. The van der Waals surface area contributed by atoms with E-state index in [-0.39, 0.29) is 17.0 Å². The molecule has 4 aromatic rings. The van der Waals surface area contributed by atoms with Crippen LogP contribution < -0.4 is 4.72 Å². The molecule has 7 nitrogen and oxygen atoms in total. The van der Waals surface area contributed by atoms with E-state index in [1.165, 1.54) is 24.3 Å². The minimum Gasteiger partial charge on any atom is -0.478 e. The zero-order valence-corrected chi connectivity index (χ0v) is 19.2. The van der Waals surface area contributed by atoms with Crippen LogP contribution in [0, 0.1) is 0 Å². The average molecular weight is 484 g/mol. The predicted molar refractivity (Wildman–Crippen MR) is 127 cm³/mol. The maximum Gasteiger partial charge on any atom is 0.335 e. The van der Waals surface area contributed by atoms with Crippen molar-refractivity contribution in [3.8, 4) is 0 Å². The second-order valence-electron chi connectivity index (χ2n) is 7.60. The number of aromatic nitrogens is 2. The Labute approximate surface area is 196 Å². The first kappa shape index (κ1) is 23.0. The monoisotopic (exact) mass is 483 g/mol. The third-order valence-electron chi connectivity index (χ3n) is 5.39. The number of benzene rings is 2. The maximum atomic E-state index is 12.6. The fraction of sp³-hybridized carbons (Fsp3) is 0.167. The van der Waals surface area contributed by atoms with E-state index in [9.17, 15) is 18.3 Å². The Bertz CT molecular complexity index is 1380. The lowest BCUT2D eigenvalue weighted by atomic mass is 10.1. The molecule has 170 valence electrons. The van der Waals surface area contributed by atoms with Crippen LogP contribution in [0.2, 0.25) is 5.02 Å². The van der Waals surface area contributed by atoms with Crippen molar-refractivity contribution in [2.45, 2.75) is 24.3 Å². The highest BCUT2D eigenvalue weighted by Gasteiger charge is 2.16. The molecule has 0 amide bonds. The van der Waals surface area contributed by atoms with E-state index in [0.29, 0.717) is 18.0 Å². The van der Waals surface area contributed by atoms with Crippen LogP contribution in [-0.2, 0) is 29.4 Å². The van der Waals surface area contributed by atoms with Crippen LogP contribution in [0.25, 0.3) is 10.9 Å². The molecule has 0 unspecified atom stereocenters. The van der Waals surface area contributed by atoms with Gasteiger partial charge in [0.2, 0.25) is 10.0 Å². The summed E-state index contributed by atoms with van der Waals surface area (Å²) in [5.74, 6) is -1.01. The first-order valence-corrected chi connectivity index (χ1v) is 12.2. The molecule has 0 spiro atoms. The van der Waals surface area contributed by atoms with Gasteiger partial charge in [-0.15, -0.1) is 0 Å². The number of aryl methyl sites for hydroxylation is 2. The van der Waals surface area contributed by atoms with Crippen molar-refractivity contribution in [1.82, 2.24) is 14.3 Å². The number of nitrogens with one attached hydrogen (secondary N) is 1. The SMILES string of the molecule is O=C(O)c1ccc2c(c1)c(CCNS(=O)(=O)c1ccc(Cl)cc1)cn2CCc1cccnc1. The summed E-state index contributed by atoms with van der Waals surface area (Å²) in [7, 11) is -3.68. The van der Waals surface area contributed by atoms with Crippen molar-refractivity contribution in [2.24, 2.45) is 0 Å². The van der Waals surface area contributed by atoms with Crippen LogP contribution in [0.15, 0.2) is 78.1 Å². The smallest absolute Gasteiger partial charge is 0.335 e. The summed E-state index contributed by atoms with van der Waals surface area (Å²) in [6.45, 7) is 0.856. The van der Waals surface area contributed by atoms with Crippen LogP contribution in [0.3, 0.4) is 0 Å². The largest absolute Gasteiger partial charge is 0.478 e.